The van der Waals surface area contributed by atoms with E-state index in [1.165, 1.54) is 5.56 Å². The Bertz CT molecular complexity index is 622. The first-order valence-corrected chi connectivity index (χ1v) is 9.15. The summed E-state index contributed by atoms with van der Waals surface area (Å²) in [7, 11) is 0. The number of aliphatic hydroxyl groups is 1. The zero-order chi connectivity index (χ0) is 18.3. The zero-order valence-electron chi connectivity index (χ0n) is 15.8. The first kappa shape index (κ1) is 19.5. The fourth-order valence-electron chi connectivity index (χ4n) is 2.61. The normalized spacial score (nSPS) is 14.1. The van der Waals surface area contributed by atoms with E-state index in [-0.39, 0.29) is 11.6 Å². The van der Waals surface area contributed by atoms with Gasteiger partial charge >= 0.3 is 0 Å². The summed E-state index contributed by atoms with van der Waals surface area (Å²) in [5, 5.41) is 13.8. The van der Waals surface area contributed by atoms with Crippen LogP contribution in [0.1, 0.15) is 51.3 Å². The summed E-state index contributed by atoms with van der Waals surface area (Å²) in [5.41, 5.74) is 2.07. The lowest BCUT2D eigenvalue weighted by molar-refractivity contribution is 0.105. The van der Waals surface area contributed by atoms with Gasteiger partial charge < -0.3 is 15.2 Å². The largest absolute Gasteiger partial charge is 0.488 e. The van der Waals surface area contributed by atoms with Gasteiger partial charge in [0, 0.05) is 6.04 Å². The van der Waals surface area contributed by atoms with Crippen molar-refractivity contribution < 1.29 is 9.84 Å². The molecule has 0 aromatic heterocycles. The number of rotatable bonds is 9. The van der Waals surface area contributed by atoms with Crippen molar-refractivity contribution in [1.29, 1.82) is 0 Å². The second-order valence-corrected chi connectivity index (χ2v) is 7.21. The highest BCUT2D eigenvalue weighted by molar-refractivity contribution is 5.28. The Morgan fingerprint density at radius 3 is 2.28 bits per heavy atom. The molecular formula is C22H31NO2. The molecule has 0 aliphatic carbocycles. The van der Waals surface area contributed by atoms with E-state index < -0.39 is 6.10 Å². The summed E-state index contributed by atoms with van der Waals surface area (Å²) in [5.74, 6) is 0.913. The summed E-state index contributed by atoms with van der Waals surface area (Å²) in [6.07, 6.45) is 1.40. The van der Waals surface area contributed by atoms with Crippen molar-refractivity contribution in [3.05, 3.63) is 65.7 Å². The number of hydrogen-bond donors (Lipinski definition) is 2. The van der Waals surface area contributed by atoms with E-state index in [1.807, 2.05) is 49.4 Å². The van der Waals surface area contributed by atoms with Crippen molar-refractivity contribution in [3.63, 3.8) is 0 Å². The molecule has 0 radical (unpaired) electrons. The van der Waals surface area contributed by atoms with Gasteiger partial charge in [0.15, 0.2) is 0 Å². The van der Waals surface area contributed by atoms with Crippen LogP contribution in [0.3, 0.4) is 0 Å². The van der Waals surface area contributed by atoms with Crippen LogP contribution < -0.4 is 10.1 Å². The topological polar surface area (TPSA) is 41.5 Å². The highest BCUT2D eigenvalue weighted by Gasteiger charge is 2.17. The summed E-state index contributed by atoms with van der Waals surface area (Å²) in [4.78, 5) is 0. The van der Waals surface area contributed by atoms with Crippen molar-refractivity contribution in [2.24, 2.45) is 0 Å². The molecule has 3 nitrogen and oxygen atoms in total. The lowest BCUT2D eigenvalue weighted by Gasteiger charge is -2.25. The number of nitrogens with one attached hydrogen (secondary N) is 1. The van der Waals surface area contributed by atoms with Crippen LogP contribution in [0.5, 0.6) is 5.75 Å². The lowest BCUT2D eigenvalue weighted by Crippen LogP contribution is -2.33. The molecule has 0 heterocycles. The van der Waals surface area contributed by atoms with Gasteiger partial charge in [0.1, 0.15) is 11.4 Å². The van der Waals surface area contributed by atoms with E-state index >= 15 is 0 Å². The zero-order valence-corrected chi connectivity index (χ0v) is 15.8. The van der Waals surface area contributed by atoms with Crippen LogP contribution in [0.2, 0.25) is 0 Å². The molecule has 0 amide bonds. The maximum Gasteiger partial charge on any atom is 0.120 e. The quantitative estimate of drug-likeness (QED) is 0.705. The van der Waals surface area contributed by atoms with Crippen molar-refractivity contribution >= 4 is 0 Å². The smallest absolute Gasteiger partial charge is 0.120 e. The molecule has 0 unspecified atom stereocenters. The van der Waals surface area contributed by atoms with E-state index in [2.05, 4.69) is 38.2 Å². The lowest BCUT2D eigenvalue weighted by atomic mass is 10.0. The summed E-state index contributed by atoms with van der Waals surface area (Å²) in [6, 6.07) is 18.1. The minimum absolute atomic E-state index is 0.00959. The van der Waals surface area contributed by atoms with Gasteiger partial charge in [-0.1, -0.05) is 49.4 Å². The van der Waals surface area contributed by atoms with Crippen LogP contribution in [0.15, 0.2) is 54.6 Å². The minimum Gasteiger partial charge on any atom is -0.488 e. The molecule has 0 saturated carbocycles. The van der Waals surface area contributed by atoms with Gasteiger partial charge in [-0.2, -0.15) is 0 Å². The van der Waals surface area contributed by atoms with Gasteiger partial charge in [0.05, 0.1) is 6.10 Å². The average Bonchev–Trinajstić information content (AvgIpc) is 2.63. The molecule has 0 aliphatic heterocycles. The molecule has 2 N–H and O–H groups in total. The Morgan fingerprint density at radius 2 is 1.68 bits per heavy atom. The van der Waals surface area contributed by atoms with Crippen LogP contribution >= 0.6 is 0 Å². The Hall–Kier alpha value is -1.84. The number of hydrogen-bond acceptors (Lipinski definition) is 3. The first-order chi connectivity index (χ1) is 11.9. The van der Waals surface area contributed by atoms with Crippen molar-refractivity contribution in [2.45, 2.75) is 58.3 Å². The summed E-state index contributed by atoms with van der Waals surface area (Å²) < 4.78 is 5.98. The fourth-order valence-corrected chi connectivity index (χ4v) is 2.61. The summed E-state index contributed by atoms with van der Waals surface area (Å²) in [6.45, 7) is 9.17. The predicted octanol–water partition coefficient (Wildman–Crippen LogP) is 4.51. The Labute approximate surface area is 152 Å². The molecule has 2 atom stereocenters. The van der Waals surface area contributed by atoms with Crippen LogP contribution in [0.4, 0.5) is 0 Å². The van der Waals surface area contributed by atoms with Gasteiger partial charge in [-0.3, -0.25) is 0 Å². The van der Waals surface area contributed by atoms with E-state index in [9.17, 15) is 5.11 Å². The third-order valence-electron chi connectivity index (χ3n) is 4.66. The molecule has 2 aromatic carbocycles. The van der Waals surface area contributed by atoms with Crippen LogP contribution in [-0.4, -0.2) is 23.3 Å². The molecule has 0 bridgehead atoms. The first-order valence-electron chi connectivity index (χ1n) is 9.15. The van der Waals surface area contributed by atoms with Crippen LogP contribution in [-0.2, 0) is 6.42 Å². The van der Waals surface area contributed by atoms with Crippen molar-refractivity contribution in [3.8, 4) is 5.75 Å². The predicted molar refractivity (Wildman–Crippen MR) is 104 cm³/mol. The Kier molecular flexibility index (Phi) is 7.03. The maximum atomic E-state index is 10.4. The standard InChI is InChI=1S/C22H31NO2/c1-5-22(3,4)25-20-13-11-18(12-14-20)15-16-23-17(2)21(24)19-9-7-6-8-10-19/h6-14,17,21,23-24H,5,15-16H2,1-4H3/t17-,21-/m1/s1. The molecule has 3 heteroatoms. The highest BCUT2D eigenvalue weighted by Crippen LogP contribution is 2.21. The minimum atomic E-state index is -0.492. The average molecular weight is 341 g/mol. The number of benzene rings is 2. The van der Waals surface area contributed by atoms with Crippen LogP contribution in [0.25, 0.3) is 0 Å². The van der Waals surface area contributed by atoms with Gasteiger partial charge in [-0.15, -0.1) is 0 Å². The SMILES string of the molecule is CCC(C)(C)Oc1ccc(CCN[C@H](C)[C@@H](O)c2ccccc2)cc1. The van der Waals surface area contributed by atoms with Gasteiger partial charge in [0.25, 0.3) is 0 Å². The molecule has 2 aromatic rings. The molecule has 0 fully saturated rings. The molecule has 0 saturated heterocycles. The van der Waals surface area contributed by atoms with Crippen molar-refractivity contribution in [1.82, 2.24) is 5.32 Å². The van der Waals surface area contributed by atoms with Gasteiger partial charge in [-0.05, 0) is 63.4 Å². The Morgan fingerprint density at radius 1 is 1.04 bits per heavy atom. The van der Waals surface area contributed by atoms with Gasteiger partial charge in [0.2, 0.25) is 0 Å². The molecule has 25 heavy (non-hydrogen) atoms. The molecule has 2 rings (SSSR count). The molecule has 0 aliphatic rings. The third kappa shape index (κ3) is 6.18. The Balaban J connectivity index is 1.79. The number of aliphatic hydroxyl groups excluding tert-OH is 1. The van der Waals surface area contributed by atoms with E-state index in [1.54, 1.807) is 0 Å². The van der Waals surface area contributed by atoms with Crippen molar-refractivity contribution in [2.75, 3.05) is 6.54 Å². The molecule has 0 spiro atoms. The molecule has 136 valence electrons. The number of ether oxygens (including phenoxy) is 1. The van der Waals surface area contributed by atoms with E-state index in [0.29, 0.717) is 0 Å². The van der Waals surface area contributed by atoms with E-state index in [4.69, 9.17) is 4.74 Å². The third-order valence-corrected chi connectivity index (χ3v) is 4.66. The van der Waals surface area contributed by atoms with E-state index in [0.717, 1.165) is 30.7 Å². The fraction of sp³-hybridized carbons (Fsp3) is 0.455. The maximum absolute atomic E-state index is 10.4. The second-order valence-electron chi connectivity index (χ2n) is 7.21. The molecular weight excluding hydrogens is 310 g/mol. The monoisotopic (exact) mass is 341 g/mol. The second kappa shape index (κ2) is 9.02. The summed E-state index contributed by atoms with van der Waals surface area (Å²) >= 11 is 0. The highest BCUT2D eigenvalue weighted by atomic mass is 16.5. The van der Waals surface area contributed by atoms with Crippen LogP contribution in [0, 0.1) is 0 Å². The van der Waals surface area contributed by atoms with Gasteiger partial charge in [-0.25, -0.2) is 0 Å².